The zero-order chi connectivity index (χ0) is 15.6. The van der Waals surface area contributed by atoms with Gasteiger partial charge in [-0.2, -0.15) is 0 Å². The Morgan fingerprint density at radius 3 is 2.71 bits per heavy atom. The maximum atomic E-state index is 13.7. The minimum atomic E-state index is -1.21. The number of hydrogen-bond acceptors (Lipinski definition) is 3. The smallest absolute Gasteiger partial charge is 0.325 e. The van der Waals surface area contributed by atoms with Gasteiger partial charge in [0.2, 0.25) is 5.91 Å². The fourth-order valence-corrected chi connectivity index (χ4v) is 2.11. The maximum absolute atomic E-state index is 13.7. The van der Waals surface area contributed by atoms with Crippen LogP contribution in [0.2, 0.25) is 0 Å². The van der Waals surface area contributed by atoms with Crippen molar-refractivity contribution in [2.45, 2.75) is 25.8 Å². The zero-order valence-electron chi connectivity index (χ0n) is 11.4. The topological polar surface area (TPSA) is 86.7 Å². The Hall–Kier alpha value is -2.44. The Morgan fingerprint density at radius 1 is 1.43 bits per heavy atom. The first-order chi connectivity index (χ1) is 9.90. The van der Waals surface area contributed by atoms with Crippen molar-refractivity contribution >= 4 is 23.5 Å². The van der Waals surface area contributed by atoms with E-state index in [1.165, 1.54) is 24.0 Å². The van der Waals surface area contributed by atoms with Gasteiger partial charge in [-0.25, -0.2) is 4.39 Å². The van der Waals surface area contributed by atoms with E-state index in [0.717, 1.165) is 6.07 Å². The number of carbonyl (C=O) groups excluding carboxylic acids is 2. The predicted octanol–water partition coefficient (Wildman–Crippen LogP) is 1.16. The maximum Gasteiger partial charge on any atom is 0.325 e. The van der Waals surface area contributed by atoms with Crippen molar-refractivity contribution in [1.29, 1.82) is 0 Å². The molecule has 1 aromatic carbocycles. The summed E-state index contributed by atoms with van der Waals surface area (Å²) < 4.78 is 13.7. The summed E-state index contributed by atoms with van der Waals surface area (Å²) >= 11 is 0. The summed E-state index contributed by atoms with van der Waals surface area (Å²) in [4.78, 5) is 35.8. The van der Waals surface area contributed by atoms with E-state index < -0.39 is 23.7 Å². The van der Waals surface area contributed by atoms with Gasteiger partial charge in [0.1, 0.15) is 11.9 Å². The molecule has 0 spiro atoms. The average Bonchev–Trinajstić information content (AvgIpc) is 2.85. The third kappa shape index (κ3) is 3.18. The van der Waals surface area contributed by atoms with E-state index in [2.05, 4.69) is 5.32 Å². The lowest BCUT2D eigenvalue weighted by Crippen LogP contribution is -2.38. The van der Waals surface area contributed by atoms with Crippen molar-refractivity contribution in [3.05, 3.63) is 29.6 Å². The SMILES string of the molecule is C[C@H](NC(=O)c1cc(N2CCCC2=O)ccc1F)C(=O)O. The van der Waals surface area contributed by atoms with E-state index in [0.29, 0.717) is 25.1 Å². The number of carboxylic acids is 1. The lowest BCUT2D eigenvalue weighted by molar-refractivity contribution is -0.138. The van der Waals surface area contributed by atoms with Crippen molar-refractivity contribution in [3.8, 4) is 0 Å². The molecule has 0 aliphatic carbocycles. The van der Waals surface area contributed by atoms with Gasteiger partial charge in [-0.3, -0.25) is 14.4 Å². The molecular weight excluding hydrogens is 279 g/mol. The van der Waals surface area contributed by atoms with Crippen LogP contribution in [-0.4, -0.2) is 35.5 Å². The Balaban J connectivity index is 2.25. The van der Waals surface area contributed by atoms with Crippen LogP contribution in [0.3, 0.4) is 0 Å². The molecule has 1 atom stereocenters. The van der Waals surface area contributed by atoms with E-state index in [9.17, 15) is 18.8 Å². The lowest BCUT2D eigenvalue weighted by Gasteiger charge is -2.17. The Kier molecular flexibility index (Phi) is 4.21. The van der Waals surface area contributed by atoms with E-state index in [-0.39, 0.29) is 11.5 Å². The molecule has 0 unspecified atom stereocenters. The number of rotatable bonds is 4. The second-order valence-electron chi connectivity index (χ2n) is 4.85. The molecule has 21 heavy (non-hydrogen) atoms. The van der Waals surface area contributed by atoms with Gasteiger partial charge in [-0.15, -0.1) is 0 Å². The van der Waals surface area contributed by atoms with E-state index in [1.54, 1.807) is 0 Å². The third-order valence-electron chi connectivity index (χ3n) is 3.30. The van der Waals surface area contributed by atoms with Crippen LogP contribution in [0.1, 0.15) is 30.1 Å². The largest absolute Gasteiger partial charge is 0.480 e. The molecular formula is C14H15FN2O4. The molecule has 1 aliphatic heterocycles. The Morgan fingerprint density at radius 2 is 2.14 bits per heavy atom. The summed E-state index contributed by atoms with van der Waals surface area (Å²) in [7, 11) is 0. The number of benzene rings is 1. The number of halogens is 1. The van der Waals surface area contributed by atoms with Crippen LogP contribution in [0, 0.1) is 5.82 Å². The number of anilines is 1. The van der Waals surface area contributed by atoms with E-state index >= 15 is 0 Å². The van der Waals surface area contributed by atoms with Crippen molar-refractivity contribution in [2.75, 3.05) is 11.4 Å². The summed E-state index contributed by atoms with van der Waals surface area (Å²) in [6.45, 7) is 1.81. The first-order valence-electron chi connectivity index (χ1n) is 6.53. The van der Waals surface area contributed by atoms with E-state index in [4.69, 9.17) is 5.11 Å². The molecule has 7 heteroatoms. The highest BCUT2D eigenvalue weighted by molar-refractivity contribution is 6.00. The highest BCUT2D eigenvalue weighted by atomic mass is 19.1. The molecule has 2 rings (SSSR count). The summed E-state index contributed by atoms with van der Waals surface area (Å²) in [6.07, 6.45) is 1.14. The molecule has 6 nitrogen and oxygen atoms in total. The molecule has 2 amide bonds. The van der Waals surface area contributed by atoms with Gasteiger partial charge in [0, 0.05) is 18.7 Å². The quantitative estimate of drug-likeness (QED) is 0.872. The summed E-state index contributed by atoms with van der Waals surface area (Å²) in [5.41, 5.74) is 0.160. The molecule has 1 saturated heterocycles. The van der Waals surface area contributed by atoms with Gasteiger partial charge in [-0.1, -0.05) is 0 Å². The van der Waals surface area contributed by atoms with Crippen LogP contribution in [0.25, 0.3) is 0 Å². The predicted molar refractivity (Wildman–Crippen MR) is 72.6 cm³/mol. The molecule has 0 bridgehead atoms. The average molecular weight is 294 g/mol. The molecule has 1 aromatic rings. The summed E-state index contributed by atoms with van der Waals surface area (Å²) in [5, 5.41) is 10.9. The van der Waals surface area contributed by atoms with Crippen molar-refractivity contribution < 1.29 is 23.9 Å². The van der Waals surface area contributed by atoms with Gasteiger partial charge in [0.15, 0.2) is 0 Å². The van der Waals surface area contributed by atoms with Gasteiger partial charge < -0.3 is 15.3 Å². The zero-order valence-corrected chi connectivity index (χ0v) is 11.4. The first-order valence-corrected chi connectivity index (χ1v) is 6.53. The molecule has 0 aromatic heterocycles. The van der Waals surface area contributed by atoms with Gasteiger partial charge in [-0.05, 0) is 31.5 Å². The standard InChI is InChI=1S/C14H15FN2O4/c1-8(14(20)21)16-13(19)10-7-9(4-5-11(10)15)17-6-2-3-12(17)18/h4-5,7-8H,2-3,6H2,1H3,(H,16,19)(H,20,21)/t8-/m0/s1. The van der Waals surface area contributed by atoms with E-state index in [1.807, 2.05) is 0 Å². The Bertz CT molecular complexity index is 603. The minimum absolute atomic E-state index is 0.0770. The third-order valence-corrected chi connectivity index (χ3v) is 3.30. The lowest BCUT2D eigenvalue weighted by atomic mass is 10.1. The van der Waals surface area contributed by atoms with Crippen LogP contribution < -0.4 is 10.2 Å². The van der Waals surface area contributed by atoms with Crippen molar-refractivity contribution in [3.63, 3.8) is 0 Å². The second-order valence-corrected chi connectivity index (χ2v) is 4.85. The monoisotopic (exact) mass is 294 g/mol. The van der Waals surface area contributed by atoms with Gasteiger partial charge >= 0.3 is 5.97 Å². The molecule has 0 radical (unpaired) electrons. The summed E-state index contributed by atoms with van der Waals surface area (Å²) in [5.74, 6) is -2.88. The van der Waals surface area contributed by atoms with Gasteiger partial charge in [0.05, 0.1) is 5.56 Å². The Labute approximate surface area is 120 Å². The number of hydrogen-bond donors (Lipinski definition) is 2. The molecule has 112 valence electrons. The van der Waals surface area contributed by atoms with Crippen LogP contribution >= 0.6 is 0 Å². The number of amides is 2. The molecule has 2 N–H and O–H groups in total. The second kappa shape index (κ2) is 5.90. The number of carboxylic acid groups (broad SMARTS) is 1. The van der Waals surface area contributed by atoms with Crippen LogP contribution in [-0.2, 0) is 9.59 Å². The highest BCUT2D eigenvalue weighted by Crippen LogP contribution is 2.23. The van der Waals surface area contributed by atoms with Crippen molar-refractivity contribution in [2.24, 2.45) is 0 Å². The number of aliphatic carboxylic acids is 1. The first kappa shape index (κ1) is 15.0. The number of carbonyl (C=O) groups is 3. The normalized spacial score (nSPS) is 15.9. The fourth-order valence-electron chi connectivity index (χ4n) is 2.11. The van der Waals surface area contributed by atoms with Crippen LogP contribution in [0.4, 0.5) is 10.1 Å². The molecule has 1 fully saturated rings. The fraction of sp³-hybridized carbons (Fsp3) is 0.357. The molecule has 0 saturated carbocycles. The van der Waals surface area contributed by atoms with Crippen molar-refractivity contribution in [1.82, 2.24) is 5.32 Å². The van der Waals surface area contributed by atoms with Gasteiger partial charge in [0.25, 0.3) is 5.91 Å². The molecule has 1 heterocycles. The number of nitrogens with one attached hydrogen (secondary N) is 1. The van der Waals surface area contributed by atoms with Crippen LogP contribution in [0.5, 0.6) is 0 Å². The number of nitrogens with zero attached hydrogens (tertiary/aromatic N) is 1. The summed E-state index contributed by atoms with van der Waals surface area (Å²) in [6, 6.07) is 2.66. The highest BCUT2D eigenvalue weighted by Gasteiger charge is 2.24. The van der Waals surface area contributed by atoms with Crippen LogP contribution in [0.15, 0.2) is 18.2 Å². The molecule has 1 aliphatic rings. The minimum Gasteiger partial charge on any atom is -0.480 e.